The van der Waals surface area contributed by atoms with Crippen LogP contribution in [-0.2, 0) is 0 Å². The molecular weight excluding hydrogens is 260 g/mol. The monoisotopic (exact) mass is 278 g/mol. The van der Waals surface area contributed by atoms with E-state index in [1.807, 2.05) is 49.6 Å². The van der Waals surface area contributed by atoms with Crippen molar-refractivity contribution in [2.24, 2.45) is 0 Å². The van der Waals surface area contributed by atoms with E-state index in [9.17, 15) is 0 Å². The first-order valence-corrected chi connectivity index (χ1v) is 6.99. The Labute approximate surface area is 124 Å². The minimum Gasteiger partial charge on any atom is -0.496 e. The van der Waals surface area contributed by atoms with Crippen LogP contribution < -0.4 is 10.1 Å². The molecule has 0 bridgehead atoms. The van der Waals surface area contributed by atoms with Crippen LogP contribution in [0.1, 0.15) is 17.2 Å². The van der Waals surface area contributed by atoms with Crippen LogP contribution in [0, 0.1) is 0 Å². The maximum atomic E-state index is 5.51. The Hall–Kier alpha value is -2.39. The summed E-state index contributed by atoms with van der Waals surface area (Å²) in [7, 11) is 3.67. The molecule has 106 valence electrons. The van der Waals surface area contributed by atoms with E-state index in [4.69, 9.17) is 4.74 Å². The van der Waals surface area contributed by atoms with Crippen molar-refractivity contribution in [1.29, 1.82) is 0 Å². The summed E-state index contributed by atoms with van der Waals surface area (Å²) >= 11 is 0. The Morgan fingerprint density at radius 1 is 0.952 bits per heavy atom. The number of nitrogens with one attached hydrogen (secondary N) is 1. The molecule has 0 fully saturated rings. The number of fused-ring (bicyclic) bond motifs is 1. The first-order valence-electron chi connectivity index (χ1n) is 6.99. The van der Waals surface area contributed by atoms with E-state index in [-0.39, 0.29) is 6.04 Å². The Bertz CT molecular complexity index is 750. The fourth-order valence-corrected chi connectivity index (χ4v) is 2.76. The van der Waals surface area contributed by atoms with Crippen molar-refractivity contribution < 1.29 is 4.74 Å². The maximum Gasteiger partial charge on any atom is 0.123 e. The number of aromatic nitrogens is 1. The van der Waals surface area contributed by atoms with Gasteiger partial charge in [-0.2, -0.15) is 0 Å². The largest absolute Gasteiger partial charge is 0.496 e. The van der Waals surface area contributed by atoms with E-state index in [1.165, 1.54) is 5.56 Å². The highest BCUT2D eigenvalue weighted by Crippen LogP contribution is 2.32. The zero-order valence-corrected chi connectivity index (χ0v) is 12.2. The number of benzene rings is 2. The zero-order valence-electron chi connectivity index (χ0n) is 12.2. The summed E-state index contributed by atoms with van der Waals surface area (Å²) in [6.45, 7) is 0. The average Bonchev–Trinajstić information content (AvgIpc) is 2.56. The van der Waals surface area contributed by atoms with Gasteiger partial charge in [0.1, 0.15) is 5.75 Å². The Morgan fingerprint density at radius 2 is 1.76 bits per heavy atom. The first-order chi connectivity index (χ1) is 10.3. The first kappa shape index (κ1) is 13.6. The highest BCUT2D eigenvalue weighted by Gasteiger charge is 2.18. The Balaban J connectivity index is 2.19. The van der Waals surface area contributed by atoms with Crippen molar-refractivity contribution in [2.45, 2.75) is 6.04 Å². The molecule has 0 aliphatic rings. The number of rotatable bonds is 4. The van der Waals surface area contributed by atoms with Crippen molar-refractivity contribution in [3.8, 4) is 5.75 Å². The second-order valence-electron chi connectivity index (χ2n) is 4.88. The Kier molecular flexibility index (Phi) is 3.84. The summed E-state index contributed by atoms with van der Waals surface area (Å²) in [6, 6.07) is 18.5. The lowest BCUT2D eigenvalue weighted by molar-refractivity contribution is 0.405. The molecule has 3 heteroatoms. The van der Waals surface area contributed by atoms with Crippen LogP contribution in [0.5, 0.6) is 5.75 Å². The number of hydrogen-bond donors (Lipinski definition) is 1. The van der Waals surface area contributed by atoms with Crippen LogP contribution in [0.4, 0.5) is 0 Å². The van der Waals surface area contributed by atoms with E-state index < -0.39 is 0 Å². The summed E-state index contributed by atoms with van der Waals surface area (Å²) in [6.07, 6.45) is 1.82. The molecule has 3 nitrogen and oxygen atoms in total. The number of hydrogen-bond acceptors (Lipinski definition) is 3. The van der Waals surface area contributed by atoms with Gasteiger partial charge in [0.2, 0.25) is 0 Å². The van der Waals surface area contributed by atoms with Gasteiger partial charge in [-0.3, -0.25) is 4.98 Å². The second kappa shape index (κ2) is 5.94. The minimum atomic E-state index is 0.0639. The van der Waals surface area contributed by atoms with Gasteiger partial charge in [0.25, 0.3) is 0 Å². The fraction of sp³-hybridized carbons (Fsp3) is 0.167. The van der Waals surface area contributed by atoms with Crippen LogP contribution in [0.15, 0.2) is 60.8 Å². The molecule has 2 aromatic carbocycles. The van der Waals surface area contributed by atoms with Crippen molar-refractivity contribution in [3.05, 3.63) is 71.9 Å². The van der Waals surface area contributed by atoms with Crippen LogP contribution in [0.3, 0.4) is 0 Å². The number of nitrogens with zero attached hydrogens (tertiary/aromatic N) is 1. The molecule has 0 saturated heterocycles. The van der Waals surface area contributed by atoms with Gasteiger partial charge < -0.3 is 10.1 Å². The van der Waals surface area contributed by atoms with Gasteiger partial charge in [0.05, 0.1) is 18.7 Å². The third-order valence-electron chi connectivity index (χ3n) is 3.73. The molecule has 3 rings (SSSR count). The van der Waals surface area contributed by atoms with E-state index in [0.29, 0.717) is 0 Å². The lowest BCUT2D eigenvalue weighted by Crippen LogP contribution is -2.18. The van der Waals surface area contributed by atoms with Gasteiger partial charge in [-0.25, -0.2) is 0 Å². The Morgan fingerprint density at radius 3 is 2.57 bits per heavy atom. The van der Waals surface area contributed by atoms with Gasteiger partial charge in [-0.15, -0.1) is 0 Å². The van der Waals surface area contributed by atoms with Gasteiger partial charge in [0, 0.05) is 17.1 Å². The molecule has 0 aliphatic carbocycles. The van der Waals surface area contributed by atoms with Gasteiger partial charge in [-0.1, -0.05) is 36.4 Å². The van der Waals surface area contributed by atoms with Crippen LogP contribution in [0.25, 0.3) is 10.9 Å². The molecule has 1 N–H and O–H groups in total. The van der Waals surface area contributed by atoms with E-state index in [0.717, 1.165) is 22.2 Å². The van der Waals surface area contributed by atoms with Crippen molar-refractivity contribution >= 4 is 10.9 Å². The molecule has 0 saturated carbocycles. The molecule has 0 radical (unpaired) electrons. The quantitative estimate of drug-likeness (QED) is 0.792. The molecule has 1 unspecified atom stereocenters. The van der Waals surface area contributed by atoms with Gasteiger partial charge >= 0.3 is 0 Å². The number of pyridine rings is 1. The van der Waals surface area contributed by atoms with Gasteiger partial charge in [0.15, 0.2) is 0 Å². The maximum absolute atomic E-state index is 5.51. The number of methoxy groups -OCH3 is 1. The van der Waals surface area contributed by atoms with Crippen LogP contribution in [0.2, 0.25) is 0 Å². The molecule has 0 aliphatic heterocycles. The van der Waals surface area contributed by atoms with Crippen molar-refractivity contribution in [3.63, 3.8) is 0 Å². The normalized spacial score (nSPS) is 12.3. The fourth-order valence-electron chi connectivity index (χ4n) is 2.76. The standard InChI is InChI=1S/C18H18N2O/c1-19-18(15-7-3-4-11-17(15)21-2)14-8-5-10-16-13(14)9-6-12-20-16/h3-12,18-19H,1-2H3. The summed E-state index contributed by atoms with van der Waals surface area (Å²) in [4.78, 5) is 4.44. The van der Waals surface area contributed by atoms with E-state index in [1.54, 1.807) is 7.11 Å². The summed E-state index contributed by atoms with van der Waals surface area (Å²) < 4.78 is 5.51. The molecular formula is C18H18N2O. The number of para-hydroxylation sites is 1. The topological polar surface area (TPSA) is 34.1 Å². The zero-order chi connectivity index (χ0) is 14.7. The summed E-state index contributed by atoms with van der Waals surface area (Å²) in [5.41, 5.74) is 3.33. The van der Waals surface area contributed by atoms with E-state index in [2.05, 4.69) is 28.5 Å². The second-order valence-corrected chi connectivity index (χ2v) is 4.88. The predicted octanol–water partition coefficient (Wildman–Crippen LogP) is 3.55. The minimum absolute atomic E-state index is 0.0639. The molecule has 21 heavy (non-hydrogen) atoms. The summed E-state index contributed by atoms with van der Waals surface area (Å²) in [5.74, 6) is 0.887. The summed E-state index contributed by atoms with van der Waals surface area (Å²) in [5, 5.41) is 4.55. The molecule has 1 atom stereocenters. The number of ether oxygens (including phenoxy) is 1. The smallest absolute Gasteiger partial charge is 0.123 e. The SMILES string of the molecule is CNC(c1ccccc1OC)c1cccc2ncccc12. The predicted molar refractivity (Wildman–Crippen MR) is 85.6 cm³/mol. The molecule has 1 heterocycles. The van der Waals surface area contributed by atoms with E-state index >= 15 is 0 Å². The van der Waals surface area contributed by atoms with Crippen molar-refractivity contribution in [1.82, 2.24) is 10.3 Å². The molecule has 1 aromatic heterocycles. The highest BCUT2D eigenvalue weighted by molar-refractivity contribution is 5.83. The van der Waals surface area contributed by atoms with Crippen LogP contribution in [-0.4, -0.2) is 19.1 Å². The van der Waals surface area contributed by atoms with Gasteiger partial charge in [-0.05, 0) is 30.8 Å². The highest BCUT2D eigenvalue weighted by atomic mass is 16.5. The third-order valence-corrected chi connectivity index (χ3v) is 3.73. The molecule has 3 aromatic rings. The molecule has 0 spiro atoms. The lowest BCUT2D eigenvalue weighted by Gasteiger charge is -2.21. The molecule has 0 amide bonds. The third kappa shape index (κ3) is 2.48. The average molecular weight is 278 g/mol. The van der Waals surface area contributed by atoms with Crippen molar-refractivity contribution in [2.75, 3.05) is 14.2 Å². The lowest BCUT2D eigenvalue weighted by atomic mass is 9.94. The van der Waals surface area contributed by atoms with Crippen LogP contribution >= 0.6 is 0 Å².